The van der Waals surface area contributed by atoms with E-state index in [-0.39, 0.29) is 23.8 Å². The molecule has 0 radical (unpaired) electrons. The summed E-state index contributed by atoms with van der Waals surface area (Å²) in [5.41, 5.74) is 0.432. The Morgan fingerprint density at radius 3 is 2.57 bits per heavy atom. The summed E-state index contributed by atoms with van der Waals surface area (Å²) in [5.74, 6) is 0.639. The second kappa shape index (κ2) is 6.34. The molecule has 5 nitrogen and oxygen atoms in total. The fourth-order valence-electron chi connectivity index (χ4n) is 1.83. The van der Waals surface area contributed by atoms with Gasteiger partial charge in [-0.3, -0.25) is 9.48 Å². The summed E-state index contributed by atoms with van der Waals surface area (Å²) in [7, 11) is 3.06. The first-order valence-electron chi connectivity index (χ1n) is 6.24. The molecule has 2 aromatic rings. The van der Waals surface area contributed by atoms with E-state index in [1.807, 2.05) is 0 Å². The van der Waals surface area contributed by atoms with Gasteiger partial charge in [0, 0.05) is 13.1 Å². The van der Waals surface area contributed by atoms with Crippen molar-refractivity contribution >= 4 is 11.7 Å². The lowest BCUT2D eigenvalue weighted by molar-refractivity contribution is -0.115. The lowest BCUT2D eigenvalue weighted by Crippen LogP contribution is -2.16. The van der Waals surface area contributed by atoms with Gasteiger partial charge < -0.3 is 10.1 Å². The van der Waals surface area contributed by atoms with Gasteiger partial charge in [0.15, 0.2) is 0 Å². The number of halogens is 2. The van der Waals surface area contributed by atoms with Crippen LogP contribution in [0.4, 0.5) is 14.6 Å². The molecule has 0 atom stereocenters. The molecule has 7 heteroatoms. The number of carbonyl (C=O) groups is 1. The monoisotopic (exact) mass is 295 g/mol. The molecule has 0 spiro atoms. The van der Waals surface area contributed by atoms with Crippen molar-refractivity contribution < 1.29 is 18.3 Å². The number of nitrogens with one attached hydrogen (secondary N) is 1. The number of carbonyl (C=O) groups excluding carboxylic acids is 1. The Bertz CT molecular complexity index is 624. The second-order valence-corrected chi connectivity index (χ2v) is 4.45. The van der Waals surface area contributed by atoms with Crippen molar-refractivity contribution in [2.75, 3.05) is 12.4 Å². The molecule has 1 heterocycles. The van der Waals surface area contributed by atoms with Gasteiger partial charge in [-0.25, -0.2) is 8.78 Å². The average Bonchev–Trinajstić information content (AvgIpc) is 2.81. The maximum Gasteiger partial charge on any atom is 0.282 e. The Kier molecular flexibility index (Phi) is 4.52. The zero-order valence-corrected chi connectivity index (χ0v) is 11.6. The molecule has 0 saturated heterocycles. The first kappa shape index (κ1) is 15.0. The molecule has 2 rings (SSSR count). The number of aromatic nitrogens is 2. The van der Waals surface area contributed by atoms with Gasteiger partial charge in [0.25, 0.3) is 6.43 Å². The number of anilines is 1. The number of alkyl halides is 2. The molecule has 1 amide bonds. The Morgan fingerprint density at radius 1 is 1.38 bits per heavy atom. The number of ether oxygens (including phenoxy) is 1. The van der Waals surface area contributed by atoms with Crippen LogP contribution in [-0.4, -0.2) is 22.8 Å². The minimum atomic E-state index is -2.66. The highest BCUT2D eigenvalue weighted by atomic mass is 19.3. The highest BCUT2D eigenvalue weighted by molar-refractivity contribution is 5.91. The van der Waals surface area contributed by atoms with Crippen LogP contribution in [0.25, 0.3) is 0 Å². The van der Waals surface area contributed by atoms with Crippen LogP contribution in [0.2, 0.25) is 0 Å². The molecule has 1 aromatic heterocycles. The number of aryl methyl sites for hydroxylation is 1. The highest BCUT2D eigenvalue weighted by Gasteiger charge is 2.15. The van der Waals surface area contributed by atoms with Crippen LogP contribution in [0, 0.1) is 0 Å². The molecular weight excluding hydrogens is 280 g/mol. The molecule has 1 N–H and O–H groups in total. The van der Waals surface area contributed by atoms with Crippen molar-refractivity contribution in [2.45, 2.75) is 12.8 Å². The SMILES string of the molecule is COc1ccc(CC(=O)Nc2cc(C(F)F)nn2C)cc1. The van der Waals surface area contributed by atoms with Crippen molar-refractivity contribution in [2.24, 2.45) is 7.05 Å². The maximum atomic E-state index is 12.5. The third-order valence-electron chi connectivity index (χ3n) is 2.91. The first-order chi connectivity index (χ1) is 9.99. The first-order valence-corrected chi connectivity index (χ1v) is 6.24. The van der Waals surface area contributed by atoms with Gasteiger partial charge in [-0.05, 0) is 17.7 Å². The van der Waals surface area contributed by atoms with Crippen LogP contribution in [0.3, 0.4) is 0 Å². The molecule has 0 aliphatic rings. The summed E-state index contributed by atoms with van der Waals surface area (Å²) in [6.45, 7) is 0. The van der Waals surface area contributed by atoms with Gasteiger partial charge >= 0.3 is 0 Å². The molecule has 0 unspecified atom stereocenters. The van der Waals surface area contributed by atoms with Gasteiger partial charge in [0.05, 0.1) is 13.5 Å². The molecule has 1 aromatic carbocycles. The van der Waals surface area contributed by atoms with Crippen LogP contribution in [0.15, 0.2) is 30.3 Å². The van der Waals surface area contributed by atoms with E-state index >= 15 is 0 Å². The molecule has 0 fully saturated rings. The summed E-state index contributed by atoms with van der Waals surface area (Å²) < 4.78 is 31.3. The third-order valence-corrected chi connectivity index (χ3v) is 2.91. The smallest absolute Gasteiger partial charge is 0.282 e. The van der Waals surface area contributed by atoms with E-state index in [4.69, 9.17) is 4.74 Å². The van der Waals surface area contributed by atoms with Crippen LogP contribution in [0.1, 0.15) is 17.7 Å². The molecule has 112 valence electrons. The molecule has 21 heavy (non-hydrogen) atoms. The van der Waals surface area contributed by atoms with Gasteiger partial charge in [-0.15, -0.1) is 0 Å². The largest absolute Gasteiger partial charge is 0.497 e. The Hall–Kier alpha value is -2.44. The van der Waals surface area contributed by atoms with Crippen LogP contribution in [-0.2, 0) is 18.3 Å². The van der Waals surface area contributed by atoms with Crippen LogP contribution < -0.4 is 10.1 Å². The normalized spacial score (nSPS) is 10.7. The zero-order valence-electron chi connectivity index (χ0n) is 11.6. The number of methoxy groups -OCH3 is 1. The molecule has 0 bridgehead atoms. The second-order valence-electron chi connectivity index (χ2n) is 4.45. The summed E-state index contributed by atoms with van der Waals surface area (Å²) >= 11 is 0. The van der Waals surface area contributed by atoms with Crippen LogP contribution >= 0.6 is 0 Å². The molecule has 0 aliphatic carbocycles. The van der Waals surface area contributed by atoms with Crippen molar-refractivity contribution in [3.63, 3.8) is 0 Å². The quantitative estimate of drug-likeness (QED) is 0.922. The minimum Gasteiger partial charge on any atom is -0.497 e. The Balaban J connectivity index is 2.00. The van der Waals surface area contributed by atoms with Crippen molar-refractivity contribution in [3.8, 4) is 5.75 Å². The number of hydrogen-bond acceptors (Lipinski definition) is 3. The lowest BCUT2D eigenvalue weighted by atomic mass is 10.1. The fraction of sp³-hybridized carbons (Fsp3) is 0.286. The molecule has 0 aliphatic heterocycles. The van der Waals surface area contributed by atoms with E-state index in [1.165, 1.54) is 11.7 Å². The van der Waals surface area contributed by atoms with Crippen LogP contribution in [0.5, 0.6) is 5.75 Å². The maximum absolute atomic E-state index is 12.5. The van der Waals surface area contributed by atoms with E-state index in [1.54, 1.807) is 31.4 Å². The van der Waals surface area contributed by atoms with E-state index < -0.39 is 6.43 Å². The Morgan fingerprint density at radius 2 is 2.05 bits per heavy atom. The summed E-state index contributed by atoms with van der Waals surface area (Å²) in [6, 6.07) is 8.21. The summed E-state index contributed by atoms with van der Waals surface area (Å²) in [5, 5.41) is 6.19. The minimum absolute atomic E-state index is 0.138. The fourth-order valence-corrected chi connectivity index (χ4v) is 1.83. The number of amides is 1. The third kappa shape index (κ3) is 3.77. The Labute approximate surface area is 120 Å². The number of nitrogens with zero attached hydrogens (tertiary/aromatic N) is 2. The van der Waals surface area contributed by atoms with Crippen molar-refractivity contribution in [3.05, 3.63) is 41.6 Å². The number of rotatable bonds is 5. The lowest BCUT2D eigenvalue weighted by Gasteiger charge is -2.06. The molecule has 0 saturated carbocycles. The van der Waals surface area contributed by atoms with Gasteiger partial charge in [0.2, 0.25) is 5.91 Å². The average molecular weight is 295 g/mol. The summed E-state index contributed by atoms with van der Waals surface area (Å²) in [4.78, 5) is 11.9. The van der Waals surface area contributed by atoms with Crippen molar-refractivity contribution in [1.29, 1.82) is 0 Å². The van der Waals surface area contributed by atoms with Crippen molar-refractivity contribution in [1.82, 2.24) is 9.78 Å². The predicted octanol–water partition coefficient (Wildman–Crippen LogP) is 2.55. The number of benzene rings is 1. The van der Waals surface area contributed by atoms with Gasteiger partial charge in [-0.2, -0.15) is 5.10 Å². The van der Waals surface area contributed by atoms with E-state index in [2.05, 4.69) is 10.4 Å². The standard InChI is InChI=1S/C14H15F2N3O2/c1-19-12(8-11(18-19)14(15)16)17-13(20)7-9-3-5-10(21-2)6-4-9/h3-6,8,14H,7H2,1-2H3,(H,17,20). The zero-order chi connectivity index (χ0) is 15.4. The van der Waals surface area contributed by atoms with Gasteiger partial charge in [-0.1, -0.05) is 12.1 Å². The van der Waals surface area contributed by atoms with Gasteiger partial charge in [0.1, 0.15) is 17.3 Å². The predicted molar refractivity (Wildman–Crippen MR) is 73.5 cm³/mol. The van der Waals surface area contributed by atoms with E-state index in [9.17, 15) is 13.6 Å². The topological polar surface area (TPSA) is 56.1 Å². The summed E-state index contributed by atoms with van der Waals surface area (Å²) in [6.07, 6.45) is -2.53. The van der Waals surface area contributed by atoms with E-state index in [0.29, 0.717) is 5.75 Å². The number of hydrogen-bond donors (Lipinski definition) is 1. The molecular formula is C14H15F2N3O2. The highest BCUT2D eigenvalue weighted by Crippen LogP contribution is 2.20. The van der Waals surface area contributed by atoms with E-state index in [0.717, 1.165) is 11.6 Å².